The Kier molecular flexibility index (Phi) is 6.01. The number of nitrogens with one attached hydrogen (secondary N) is 1. The van der Waals surface area contributed by atoms with Crippen LogP contribution in [0, 0.1) is 18.3 Å². The number of nitrogens with zero attached hydrogens (tertiary/aromatic N) is 2. The first-order valence-electron chi connectivity index (χ1n) is 8.05. The minimum absolute atomic E-state index is 0.292. The van der Waals surface area contributed by atoms with E-state index in [2.05, 4.69) is 11.4 Å². The van der Waals surface area contributed by atoms with E-state index in [-0.39, 0.29) is 0 Å². The fourth-order valence-corrected chi connectivity index (χ4v) is 3.78. The van der Waals surface area contributed by atoms with Crippen molar-refractivity contribution in [1.82, 2.24) is 0 Å². The topological polar surface area (TPSA) is 90.3 Å². The summed E-state index contributed by atoms with van der Waals surface area (Å²) in [6.07, 6.45) is 1.37. The number of sulfonamides is 1. The van der Waals surface area contributed by atoms with Gasteiger partial charge in [0.05, 0.1) is 24.4 Å². The molecule has 1 unspecified atom stereocenters. The minimum Gasteiger partial charge on any atom is -0.324 e. The van der Waals surface area contributed by atoms with Gasteiger partial charge in [-0.15, -0.1) is 0 Å². The lowest BCUT2D eigenvalue weighted by atomic mass is 10.1. The van der Waals surface area contributed by atoms with Gasteiger partial charge in [0.2, 0.25) is 15.9 Å². The van der Waals surface area contributed by atoms with E-state index in [1.165, 1.54) is 0 Å². The maximum absolute atomic E-state index is 12.6. The average Bonchev–Trinajstić information content (AvgIpc) is 2.55. The van der Waals surface area contributed by atoms with Crippen LogP contribution in [0.3, 0.4) is 0 Å². The Bertz CT molecular complexity index is 931. The summed E-state index contributed by atoms with van der Waals surface area (Å²) in [4.78, 5) is 12.6. The molecule has 0 saturated carbocycles. The van der Waals surface area contributed by atoms with E-state index in [0.29, 0.717) is 17.8 Å². The summed E-state index contributed by atoms with van der Waals surface area (Å²) in [5, 5.41) is 11.4. The number of carbonyl (C=O) groups is 1. The number of carbonyl (C=O) groups excluding carboxylic acids is 1. The molecule has 0 aliphatic carbocycles. The van der Waals surface area contributed by atoms with E-state index in [4.69, 9.17) is 5.26 Å². The standard InChI is InChI=1S/C19H21N3O3S/c1-14-5-4-6-18(13-14)22(26(3,24)25)15(2)19(23)21-17-9-7-16(8-10-17)11-12-20/h4-10,13,15H,11H2,1-3H3,(H,21,23). The number of aryl methyl sites for hydroxylation is 1. The second-order valence-corrected chi connectivity index (χ2v) is 7.95. The van der Waals surface area contributed by atoms with E-state index >= 15 is 0 Å². The highest BCUT2D eigenvalue weighted by molar-refractivity contribution is 7.92. The molecular formula is C19H21N3O3S. The first-order valence-corrected chi connectivity index (χ1v) is 9.90. The lowest BCUT2D eigenvalue weighted by molar-refractivity contribution is -0.116. The van der Waals surface area contributed by atoms with Crippen molar-refractivity contribution < 1.29 is 13.2 Å². The minimum atomic E-state index is -3.65. The van der Waals surface area contributed by atoms with E-state index in [1.54, 1.807) is 49.4 Å². The van der Waals surface area contributed by atoms with Crippen LogP contribution in [0.1, 0.15) is 18.1 Å². The lowest BCUT2D eigenvalue weighted by Crippen LogP contribution is -2.45. The summed E-state index contributed by atoms with van der Waals surface area (Å²) in [5.74, 6) is -0.440. The van der Waals surface area contributed by atoms with Crippen LogP contribution in [0.4, 0.5) is 11.4 Å². The van der Waals surface area contributed by atoms with Gasteiger partial charge in [-0.2, -0.15) is 5.26 Å². The van der Waals surface area contributed by atoms with E-state index in [1.807, 2.05) is 13.0 Å². The predicted octanol–water partition coefficient (Wildman–Crippen LogP) is 2.85. The Morgan fingerprint density at radius 2 is 1.88 bits per heavy atom. The number of amides is 1. The molecule has 0 bridgehead atoms. The number of nitriles is 1. The quantitative estimate of drug-likeness (QED) is 0.845. The second-order valence-electron chi connectivity index (χ2n) is 6.09. The maximum Gasteiger partial charge on any atom is 0.247 e. The number of hydrogen-bond donors (Lipinski definition) is 1. The van der Waals surface area contributed by atoms with E-state index in [0.717, 1.165) is 21.7 Å². The second kappa shape index (κ2) is 8.02. The first kappa shape index (κ1) is 19.5. The fourth-order valence-electron chi connectivity index (χ4n) is 2.62. The number of benzene rings is 2. The Morgan fingerprint density at radius 1 is 1.23 bits per heavy atom. The number of anilines is 2. The largest absolute Gasteiger partial charge is 0.324 e. The molecule has 0 fully saturated rings. The summed E-state index contributed by atoms with van der Waals surface area (Å²) in [7, 11) is -3.65. The Balaban J connectivity index is 2.24. The van der Waals surface area contributed by atoms with Crippen molar-refractivity contribution in [3.8, 4) is 6.07 Å². The molecule has 1 atom stereocenters. The van der Waals surface area contributed by atoms with Crippen molar-refractivity contribution in [3.63, 3.8) is 0 Å². The van der Waals surface area contributed by atoms with Gasteiger partial charge >= 0.3 is 0 Å². The van der Waals surface area contributed by atoms with Gasteiger partial charge in [-0.3, -0.25) is 9.10 Å². The molecule has 26 heavy (non-hydrogen) atoms. The normalized spacial score (nSPS) is 12.1. The zero-order valence-corrected chi connectivity index (χ0v) is 15.7. The summed E-state index contributed by atoms with van der Waals surface area (Å²) in [6, 6.07) is 15.0. The van der Waals surface area contributed by atoms with Crippen LogP contribution in [0.2, 0.25) is 0 Å². The third-order valence-corrected chi connectivity index (χ3v) is 5.09. The fraction of sp³-hybridized carbons (Fsp3) is 0.263. The van der Waals surface area contributed by atoms with Crippen molar-refractivity contribution >= 4 is 27.3 Å². The SMILES string of the molecule is Cc1cccc(N(C(C)C(=O)Nc2ccc(CC#N)cc2)S(C)(=O)=O)c1. The molecule has 0 radical (unpaired) electrons. The van der Waals surface area contributed by atoms with Crippen molar-refractivity contribution in [1.29, 1.82) is 5.26 Å². The van der Waals surface area contributed by atoms with Gasteiger partial charge in [0, 0.05) is 5.69 Å². The number of rotatable bonds is 6. The summed E-state index contributed by atoms with van der Waals surface area (Å²) < 4.78 is 25.7. The van der Waals surface area contributed by atoms with Gasteiger partial charge in [-0.25, -0.2) is 8.42 Å². The maximum atomic E-state index is 12.6. The molecule has 0 saturated heterocycles. The molecule has 2 rings (SSSR count). The van der Waals surface area contributed by atoms with Gasteiger partial charge in [-0.05, 0) is 49.2 Å². The molecule has 1 N–H and O–H groups in total. The molecule has 7 heteroatoms. The summed E-state index contributed by atoms with van der Waals surface area (Å²) in [6.45, 7) is 3.40. The van der Waals surface area contributed by atoms with E-state index < -0.39 is 22.0 Å². The van der Waals surface area contributed by atoms with Crippen molar-refractivity contribution in [2.45, 2.75) is 26.3 Å². The molecule has 0 aliphatic heterocycles. The van der Waals surface area contributed by atoms with Crippen molar-refractivity contribution in [2.75, 3.05) is 15.9 Å². The zero-order valence-electron chi connectivity index (χ0n) is 14.9. The first-order chi connectivity index (χ1) is 12.2. The molecule has 6 nitrogen and oxygen atoms in total. The van der Waals surface area contributed by atoms with Crippen LogP contribution in [0.5, 0.6) is 0 Å². The Labute approximate surface area is 154 Å². The molecule has 0 aliphatic rings. The highest BCUT2D eigenvalue weighted by atomic mass is 32.2. The lowest BCUT2D eigenvalue weighted by Gasteiger charge is -2.28. The smallest absolute Gasteiger partial charge is 0.247 e. The Hall–Kier alpha value is -2.85. The van der Waals surface area contributed by atoms with Crippen LogP contribution in [-0.4, -0.2) is 26.6 Å². The third-order valence-electron chi connectivity index (χ3n) is 3.85. The van der Waals surface area contributed by atoms with Gasteiger partial charge in [-0.1, -0.05) is 24.3 Å². The monoisotopic (exact) mass is 371 g/mol. The van der Waals surface area contributed by atoms with Crippen molar-refractivity contribution in [2.24, 2.45) is 0 Å². The van der Waals surface area contributed by atoms with Crippen LogP contribution >= 0.6 is 0 Å². The summed E-state index contributed by atoms with van der Waals surface area (Å²) in [5.41, 5.74) is 2.73. The molecule has 136 valence electrons. The van der Waals surface area contributed by atoms with Gasteiger partial charge in [0.15, 0.2) is 0 Å². The van der Waals surface area contributed by atoms with Gasteiger partial charge in [0.1, 0.15) is 6.04 Å². The molecule has 0 spiro atoms. The van der Waals surface area contributed by atoms with Crippen LogP contribution in [0.25, 0.3) is 0 Å². The molecule has 0 heterocycles. The molecular weight excluding hydrogens is 350 g/mol. The molecule has 1 amide bonds. The molecule has 2 aromatic rings. The third kappa shape index (κ3) is 4.83. The summed E-state index contributed by atoms with van der Waals surface area (Å²) >= 11 is 0. The predicted molar refractivity (Wildman–Crippen MR) is 102 cm³/mol. The van der Waals surface area contributed by atoms with Crippen LogP contribution in [-0.2, 0) is 21.2 Å². The average molecular weight is 371 g/mol. The van der Waals surface area contributed by atoms with E-state index in [9.17, 15) is 13.2 Å². The zero-order chi connectivity index (χ0) is 19.3. The molecule has 0 aromatic heterocycles. The van der Waals surface area contributed by atoms with Crippen LogP contribution in [0.15, 0.2) is 48.5 Å². The number of hydrogen-bond acceptors (Lipinski definition) is 4. The Morgan fingerprint density at radius 3 is 2.42 bits per heavy atom. The highest BCUT2D eigenvalue weighted by Crippen LogP contribution is 2.22. The highest BCUT2D eigenvalue weighted by Gasteiger charge is 2.29. The van der Waals surface area contributed by atoms with Crippen LogP contribution < -0.4 is 9.62 Å². The molecule has 2 aromatic carbocycles. The van der Waals surface area contributed by atoms with Gasteiger partial charge < -0.3 is 5.32 Å². The van der Waals surface area contributed by atoms with Crippen molar-refractivity contribution in [3.05, 3.63) is 59.7 Å². The van der Waals surface area contributed by atoms with Gasteiger partial charge in [0.25, 0.3) is 0 Å².